The molecule has 4 unspecified atom stereocenters. The fourth-order valence-electron chi connectivity index (χ4n) is 8.65. The molecule has 3 saturated heterocycles. The third-order valence-electron chi connectivity index (χ3n) is 11.7. The van der Waals surface area contributed by atoms with Crippen molar-refractivity contribution in [2.75, 3.05) is 26.9 Å². The molecule has 3 fully saturated rings. The van der Waals surface area contributed by atoms with Gasteiger partial charge in [0, 0.05) is 70.2 Å². The number of likely N-dealkylation sites (tertiary alicyclic amines) is 1. The summed E-state index contributed by atoms with van der Waals surface area (Å²) in [5.74, 6) is -0.329. The van der Waals surface area contributed by atoms with E-state index in [4.69, 9.17) is 14.2 Å². The standard InChI is InChI=1S/C37H67N3O6/c1-32(2)19-26(35(7,8)38-32)22-44-29(41)16-14-25(18-31(43)46-23-27-20-33(3,4)39-36(27,9)10)15-17-30(42)45-24-28-21-34(5,6)40(13)37(28,11)12/h25-28,38-39H,14-24H2,1-13H3. The molecule has 0 aromatic carbocycles. The van der Waals surface area contributed by atoms with Gasteiger partial charge in [0.2, 0.25) is 0 Å². The number of carbonyl (C=O) groups is 3. The lowest BCUT2D eigenvalue weighted by molar-refractivity contribution is -0.150. The Balaban J connectivity index is 1.54. The quantitative estimate of drug-likeness (QED) is 0.173. The minimum absolute atomic E-state index is 0.000189. The average Bonchev–Trinajstić information content (AvgIpc) is 3.33. The molecule has 46 heavy (non-hydrogen) atoms. The number of esters is 3. The van der Waals surface area contributed by atoms with Gasteiger partial charge in [0.25, 0.3) is 0 Å². The van der Waals surface area contributed by atoms with E-state index in [9.17, 15) is 14.4 Å². The molecule has 0 bridgehead atoms. The summed E-state index contributed by atoms with van der Waals surface area (Å²) in [6.45, 7) is 27.2. The van der Waals surface area contributed by atoms with Gasteiger partial charge in [-0.3, -0.25) is 19.3 Å². The highest BCUT2D eigenvalue weighted by Crippen LogP contribution is 2.44. The van der Waals surface area contributed by atoms with Gasteiger partial charge in [0.15, 0.2) is 0 Å². The van der Waals surface area contributed by atoms with Gasteiger partial charge < -0.3 is 24.8 Å². The lowest BCUT2D eigenvalue weighted by atomic mass is 9.87. The summed E-state index contributed by atoms with van der Waals surface area (Å²) in [5.41, 5.74) is -0.293. The van der Waals surface area contributed by atoms with Gasteiger partial charge in [0.1, 0.15) is 0 Å². The van der Waals surface area contributed by atoms with Crippen molar-refractivity contribution < 1.29 is 28.6 Å². The zero-order valence-corrected chi connectivity index (χ0v) is 31.5. The van der Waals surface area contributed by atoms with Crippen molar-refractivity contribution in [3.05, 3.63) is 0 Å². The third-order valence-corrected chi connectivity index (χ3v) is 11.7. The number of carbonyl (C=O) groups excluding carboxylic acids is 3. The normalized spacial score (nSPS) is 29.3. The molecular weight excluding hydrogens is 582 g/mol. The second-order valence-electron chi connectivity index (χ2n) is 18.4. The summed E-state index contributed by atoms with van der Waals surface area (Å²) in [6.07, 6.45) is 4.27. The van der Waals surface area contributed by atoms with E-state index in [1.54, 1.807) is 0 Å². The number of hydrogen-bond donors (Lipinski definition) is 2. The summed E-state index contributed by atoms with van der Waals surface area (Å²) < 4.78 is 17.3. The smallest absolute Gasteiger partial charge is 0.306 e. The first kappa shape index (κ1) is 38.7. The van der Waals surface area contributed by atoms with Crippen LogP contribution in [0.2, 0.25) is 0 Å². The molecule has 0 spiro atoms. The molecule has 0 saturated carbocycles. The van der Waals surface area contributed by atoms with Crippen molar-refractivity contribution in [2.45, 2.75) is 168 Å². The van der Waals surface area contributed by atoms with Crippen LogP contribution in [0.1, 0.15) is 134 Å². The highest BCUT2D eigenvalue weighted by atomic mass is 16.5. The first-order valence-corrected chi connectivity index (χ1v) is 17.6. The number of ether oxygens (including phenoxy) is 3. The van der Waals surface area contributed by atoms with Gasteiger partial charge in [-0.25, -0.2) is 0 Å². The van der Waals surface area contributed by atoms with Gasteiger partial charge in [0.05, 0.1) is 19.8 Å². The average molecular weight is 650 g/mol. The Morgan fingerprint density at radius 1 is 0.630 bits per heavy atom. The molecule has 3 rings (SSSR count). The number of hydrogen-bond acceptors (Lipinski definition) is 9. The van der Waals surface area contributed by atoms with Gasteiger partial charge in [-0.2, -0.15) is 0 Å². The van der Waals surface area contributed by atoms with Crippen molar-refractivity contribution in [1.29, 1.82) is 0 Å². The van der Waals surface area contributed by atoms with E-state index in [0.717, 1.165) is 19.3 Å². The fourth-order valence-corrected chi connectivity index (χ4v) is 8.65. The van der Waals surface area contributed by atoms with Crippen molar-refractivity contribution in [3.8, 4) is 0 Å². The molecule has 0 aliphatic carbocycles. The van der Waals surface area contributed by atoms with E-state index in [1.807, 2.05) is 0 Å². The Kier molecular flexibility index (Phi) is 11.8. The van der Waals surface area contributed by atoms with Crippen LogP contribution in [0.4, 0.5) is 0 Å². The Hall–Kier alpha value is -1.71. The Morgan fingerprint density at radius 3 is 1.37 bits per heavy atom. The molecule has 0 aromatic rings. The maximum atomic E-state index is 13.1. The van der Waals surface area contributed by atoms with E-state index in [0.29, 0.717) is 32.7 Å². The summed E-state index contributed by atoms with van der Waals surface area (Å²) in [7, 11) is 2.13. The molecule has 3 aliphatic rings. The molecule has 9 heteroatoms. The topological polar surface area (TPSA) is 106 Å². The van der Waals surface area contributed by atoms with Crippen LogP contribution in [-0.4, -0.2) is 82.9 Å². The monoisotopic (exact) mass is 650 g/mol. The van der Waals surface area contributed by atoms with Crippen LogP contribution >= 0.6 is 0 Å². The predicted molar refractivity (Wildman–Crippen MR) is 182 cm³/mol. The highest BCUT2D eigenvalue weighted by Gasteiger charge is 2.50. The van der Waals surface area contributed by atoms with E-state index in [1.165, 1.54) is 0 Å². The van der Waals surface area contributed by atoms with Crippen LogP contribution in [0.25, 0.3) is 0 Å². The third kappa shape index (κ3) is 10.1. The summed E-state index contributed by atoms with van der Waals surface area (Å²) in [5, 5.41) is 7.26. The highest BCUT2D eigenvalue weighted by molar-refractivity contribution is 5.72. The van der Waals surface area contributed by atoms with Crippen molar-refractivity contribution in [2.24, 2.45) is 23.7 Å². The lowest BCUT2D eigenvalue weighted by Crippen LogP contribution is -2.47. The van der Waals surface area contributed by atoms with E-state index < -0.39 is 0 Å². The fraction of sp³-hybridized carbons (Fsp3) is 0.919. The van der Waals surface area contributed by atoms with E-state index >= 15 is 0 Å². The number of rotatable bonds is 14. The van der Waals surface area contributed by atoms with E-state index in [2.05, 4.69) is 106 Å². The van der Waals surface area contributed by atoms with Crippen LogP contribution in [0.3, 0.4) is 0 Å². The van der Waals surface area contributed by atoms with E-state index in [-0.39, 0.29) is 94.1 Å². The summed E-state index contributed by atoms with van der Waals surface area (Å²) >= 11 is 0. The molecule has 3 heterocycles. The summed E-state index contributed by atoms with van der Waals surface area (Å²) in [4.78, 5) is 41.2. The first-order valence-electron chi connectivity index (χ1n) is 17.6. The second kappa shape index (κ2) is 14.0. The van der Waals surface area contributed by atoms with Crippen LogP contribution in [-0.2, 0) is 28.6 Å². The van der Waals surface area contributed by atoms with Gasteiger partial charge in [-0.05, 0) is 128 Å². The van der Waals surface area contributed by atoms with Crippen LogP contribution < -0.4 is 10.6 Å². The van der Waals surface area contributed by atoms with Gasteiger partial charge in [-0.1, -0.05) is 0 Å². The Labute approximate surface area is 280 Å². The van der Waals surface area contributed by atoms with Crippen molar-refractivity contribution >= 4 is 17.9 Å². The Bertz CT molecular complexity index is 1090. The molecule has 0 amide bonds. The SMILES string of the molecule is CN1C(C)(C)CC(COC(=O)CCC(CCC(=O)OCC2CC(C)(C)NC2(C)C)CC(=O)OCC2CC(C)(C)NC2(C)C)C1(C)C. The molecule has 0 radical (unpaired) electrons. The van der Waals surface area contributed by atoms with Crippen LogP contribution in [0.5, 0.6) is 0 Å². The Morgan fingerprint density at radius 2 is 1.02 bits per heavy atom. The minimum atomic E-state index is -0.286. The minimum Gasteiger partial charge on any atom is -0.465 e. The molecule has 266 valence electrons. The lowest BCUT2D eigenvalue weighted by Gasteiger charge is -2.38. The van der Waals surface area contributed by atoms with Crippen LogP contribution in [0.15, 0.2) is 0 Å². The largest absolute Gasteiger partial charge is 0.465 e. The maximum absolute atomic E-state index is 13.1. The van der Waals surface area contributed by atoms with Crippen LogP contribution in [0, 0.1) is 23.7 Å². The molecular formula is C37H67N3O6. The molecule has 9 nitrogen and oxygen atoms in total. The summed E-state index contributed by atoms with van der Waals surface area (Å²) in [6, 6.07) is 0. The van der Waals surface area contributed by atoms with Crippen molar-refractivity contribution in [3.63, 3.8) is 0 Å². The van der Waals surface area contributed by atoms with Gasteiger partial charge >= 0.3 is 17.9 Å². The molecule has 4 atom stereocenters. The second-order valence-corrected chi connectivity index (χ2v) is 18.4. The first-order chi connectivity index (χ1) is 20.9. The zero-order chi connectivity index (χ0) is 34.9. The molecule has 2 N–H and O–H groups in total. The predicted octanol–water partition coefficient (Wildman–Crippen LogP) is 6.03. The van der Waals surface area contributed by atoms with Gasteiger partial charge in [-0.15, -0.1) is 0 Å². The number of nitrogens with zero attached hydrogens (tertiary/aromatic N) is 1. The maximum Gasteiger partial charge on any atom is 0.306 e. The van der Waals surface area contributed by atoms with Crippen molar-refractivity contribution in [1.82, 2.24) is 15.5 Å². The zero-order valence-electron chi connectivity index (χ0n) is 31.5. The molecule has 3 aliphatic heterocycles. The number of nitrogens with one attached hydrogen (secondary N) is 2. The molecule has 0 aromatic heterocycles.